The molecule has 0 atom stereocenters. The first-order valence-electron chi connectivity index (χ1n) is 7.85. The molecule has 1 aromatic heterocycles. The number of carbonyl (C=O) groups is 1. The van der Waals surface area contributed by atoms with E-state index >= 15 is 0 Å². The number of anilines is 1. The third-order valence-electron chi connectivity index (χ3n) is 3.83. The van der Waals surface area contributed by atoms with Gasteiger partial charge < -0.3 is 15.2 Å². The van der Waals surface area contributed by atoms with Crippen LogP contribution in [-0.2, 0) is 17.8 Å². The third kappa shape index (κ3) is 4.01. The molecule has 5 nitrogen and oxygen atoms in total. The summed E-state index contributed by atoms with van der Waals surface area (Å²) in [4.78, 5) is 15.4. The van der Waals surface area contributed by atoms with Crippen molar-refractivity contribution in [2.24, 2.45) is 0 Å². The molecule has 0 fully saturated rings. The van der Waals surface area contributed by atoms with Gasteiger partial charge in [-0.05, 0) is 35.4 Å². The second kappa shape index (κ2) is 7.46. The molecule has 24 heavy (non-hydrogen) atoms. The number of nitrogens with zero attached hydrogens (tertiary/aromatic N) is 2. The van der Waals surface area contributed by atoms with Gasteiger partial charge in [-0.1, -0.05) is 24.3 Å². The van der Waals surface area contributed by atoms with Crippen molar-refractivity contribution < 1.29 is 4.79 Å². The third-order valence-corrected chi connectivity index (χ3v) is 3.83. The Morgan fingerprint density at radius 2 is 1.75 bits per heavy atom. The van der Waals surface area contributed by atoms with Crippen molar-refractivity contribution in [1.29, 1.82) is 0 Å². The van der Waals surface area contributed by atoms with Crippen LogP contribution < -0.4 is 10.6 Å². The number of hydrogen-bond acceptors (Lipinski definition) is 3. The van der Waals surface area contributed by atoms with Gasteiger partial charge in [-0.15, -0.1) is 0 Å². The fourth-order valence-corrected chi connectivity index (χ4v) is 2.42. The van der Waals surface area contributed by atoms with Gasteiger partial charge in [0, 0.05) is 37.4 Å². The monoisotopic (exact) mass is 320 g/mol. The predicted octanol–water partition coefficient (Wildman–Crippen LogP) is 2.77. The minimum Gasteiger partial charge on any atom is -0.381 e. The minimum atomic E-state index is 0.0219. The summed E-state index contributed by atoms with van der Waals surface area (Å²) in [7, 11) is 1.65. The number of likely N-dealkylation sites (N-methyl/N-ethyl adjacent to an activating group) is 1. The van der Waals surface area contributed by atoms with Gasteiger partial charge in [0.15, 0.2) is 0 Å². The first kappa shape index (κ1) is 15.8. The highest BCUT2D eigenvalue weighted by Gasteiger charge is 2.01. The number of aromatic nitrogens is 2. The number of rotatable bonds is 6. The molecule has 3 rings (SSSR count). The lowest BCUT2D eigenvalue weighted by Gasteiger charge is -2.09. The second-order valence-corrected chi connectivity index (χ2v) is 5.54. The van der Waals surface area contributed by atoms with Gasteiger partial charge >= 0.3 is 0 Å². The SMILES string of the molecule is CNC(=O)Cc1ccc(NCc2ccc(-n3ccnc3)cc2)cc1. The summed E-state index contributed by atoms with van der Waals surface area (Å²) in [6, 6.07) is 16.3. The zero-order valence-corrected chi connectivity index (χ0v) is 13.6. The summed E-state index contributed by atoms with van der Waals surface area (Å²) in [6.07, 6.45) is 5.89. The van der Waals surface area contributed by atoms with E-state index < -0.39 is 0 Å². The van der Waals surface area contributed by atoms with Crippen molar-refractivity contribution in [3.63, 3.8) is 0 Å². The Hall–Kier alpha value is -3.08. The van der Waals surface area contributed by atoms with Crippen LogP contribution in [0, 0.1) is 0 Å². The van der Waals surface area contributed by atoms with E-state index in [-0.39, 0.29) is 5.91 Å². The molecule has 3 aromatic rings. The Kier molecular flexibility index (Phi) is 4.91. The topological polar surface area (TPSA) is 59.0 Å². The Morgan fingerprint density at radius 3 is 2.38 bits per heavy atom. The van der Waals surface area contributed by atoms with Gasteiger partial charge in [0.25, 0.3) is 0 Å². The molecule has 122 valence electrons. The van der Waals surface area contributed by atoms with Crippen LogP contribution in [0.1, 0.15) is 11.1 Å². The molecule has 0 aliphatic rings. The van der Waals surface area contributed by atoms with Crippen LogP contribution in [0.25, 0.3) is 5.69 Å². The summed E-state index contributed by atoms with van der Waals surface area (Å²) < 4.78 is 1.97. The average molecular weight is 320 g/mol. The van der Waals surface area contributed by atoms with E-state index in [1.54, 1.807) is 19.6 Å². The number of amides is 1. The molecular weight excluding hydrogens is 300 g/mol. The molecule has 2 aromatic carbocycles. The minimum absolute atomic E-state index is 0.0219. The van der Waals surface area contributed by atoms with Gasteiger partial charge in [0.05, 0.1) is 12.7 Å². The molecule has 5 heteroatoms. The molecule has 0 bridgehead atoms. The van der Waals surface area contributed by atoms with E-state index in [0.29, 0.717) is 6.42 Å². The summed E-state index contributed by atoms with van der Waals surface area (Å²) >= 11 is 0. The molecular formula is C19H20N4O. The molecule has 1 heterocycles. The van der Waals surface area contributed by atoms with E-state index in [9.17, 15) is 4.79 Å². The predicted molar refractivity (Wildman–Crippen MR) is 95.1 cm³/mol. The van der Waals surface area contributed by atoms with Crippen molar-refractivity contribution >= 4 is 11.6 Å². The first-order valence-corrected chi connectivity index (χ1v) is 7.85. The van der Waals surface area contributed by atoms with Crippen LogP contribution >= 0.6 is 0 Å². The van der Waals surface area contributed by atoms with Crippen LogP contribution in [0.2, 0.25) is 0 Å². The van der Waals surface area contributed by atoms with E-state index in [1.165, 1.54) is 5.56 Å². The van der Waals surface area contributed by atoms with Crippen molar-refractivity contribution in [3.8, 4) is 5.69 Å². The van der Waals surface area contributed by atoms with Crippen molar-refractivity contribution in [2.75, 3.05) is 12.4 Å². The molecule has 0 aliphatic heterocycles. The summed E-state index contributed by atoms with van der Waals surface area (Å²) in [5, 5.41) is 6.02. The average Bonchev–Trinajstić information content (AvgIpc) is 3.16. The maximum Gasteiger partial charge on any atom is 0.224 e. The highest BCUT2D eigenvalue weighted by Crippen LogP contribution is 2.13. The highest BCUT2D eigenvalue weighted by molar-refractivity contribution is 5.78. The molecule has 0 saturated heterocycles. The first-order chi connectivity index (χ1) is 11.7. The summed E-state index contributed by atoms with van der Waals surface area (Å²) in [6.45, 7) is 0.749. The number of benzene rings is 2. The Bertz CT molecular complexity index is 777. The number of nitrogens with one attached hydrogen (secondary N) is 2. The smallest absolute Gasteiger partial charge is 0.224 e. The van der Waals surface area contributed by atoms with Crippen molar-refractivity contribution in [1.82, 2.24) is 14.9 Å². The maximum atomic E-state index is 11.4. The molecule has 2 N–H and O–H groups in total. The molecule has 0 radical (unpaired) electrons. The normalized spacial score (nSPS) is 10.4. The fraction of sp³-hybridized carbons (Fsp3) is 0.158. The number of hydrogen-bond donors (Lipinski definition) is 2. The van der Waals surface area contributed by atoms with Crippen molar-refractivity contribution in [3.05, 3.63) is 78.4 Å². The van der Waals surface area contributed by atoms with Crippen LogP contribution in [0.3, 0.4) is 0 Å². The van der Waals surface area contributed by atoms with Crippen molar-refractivity contribution in [2.45, 2.75) is 13.0 Å². The zero-order valence-electron chi connectivity index (χ0n) is 13.6. The second-order valence-electron chi connectivity index (χ2n) is 5.54. The van der Waals surface area contributed by atoms with Crippen LogP contribution in [0.5, 0.6) is 0 Å². The fourth-order valence-electron chi connectivity index (χ4n) is 2.42. The van der Waals surface area contributed by atoms with Crippen LogP contribution in [0.15, 0.2) is 67.3 Å². The Labute approximate surface area is 141 Å². The Balaban J connectivity index is 1.56. The van der Waals surface area contributed by atoms with E-state index in [0.717, 1.165) is 23.5 Å². The quantitative estimate of drug-likeness (QED) is 0.734. The maximum absolute atomic E-state index is 11.4. The molecule has 0 aliphatic carbocycles. The lowest BCUT2D eigenvalue weighted by molar-refractivity contribution is -0.119. The van der Waals surface area contributed by atoms with Crippen LogP contribution in [0.4, 0.5) is 5.69 Å². The van der Waals surface area contributed by atoms with E-state index in [4.69, 9.17) is 0 Å². The molecule has 0 spiro atoms. The molecule has 1 amide bonds. The number of imidazole rings is 1. The molecule has 0 saturated carbocycles. The largest absolute Gasteiger partial charge is 0.381 e. The van der Waals surface area contributed by atoms with Gasteiger partial charge in [-0.25, -0.2) is 4.98 Å². The highest BCUT2D eigenvalue weighted by atomic mass is 16.1. The lowest BCUT2D eigenvalue weighted by atomic mass is 10.1. The summed E-state index contributed by atoms with van der Waals surface area (Å²) in [5.74, 6) is 0.0219. The standard InChI is InChI=1S/C19H20N4O/c1-20-19(24)12-15-2-6-17(7-3-15)22-13-16-4-8-18(9-5-16)23-11-10-21-14-23/h2-11,14,22H,12-13H2,1H3,(H,20,24). The lowest BCUT2D eigenvalue weighted by Crippen LogP contribution is -2.19. The van der Waals surface area contributed by atoms with Gasteiger partial charge in [0.2, 0.25) is 5.91 Å². The number of carbonyl (C=O) groups excluding carboxylic acids is 1. The van der Waals surface area contributed by atoms with Gasteiger partial charge in [-0.2, -0.15) is 0 Å². The van der Waals surface area contributed by atoms with E-state index in [1.807, 2.05) is 35.0 Å². The summed E-state index contributed by atoms with van der Waals surface area (Å²) in [5.41, 5.74) is 4.34. The van der Waals surface area contributed by atoms with E-state index in [2.05, 4.69) is 39.9 Å². The zero-order chi connectivity index (χ0) is 16.8. The van der Waals surface area contributed by atoms with Gasteiger partial charge in [0.1, 0.15) is 0 Å². The van der Waals surface area contributed by atoms with Gasteiger partial charge in [-0.3, -0.25) is 4.79 Å². The molecule has 0 unspecified atom stereocenters. The Morgan fingerprint density at radius 1 is 1.04 bits per heavy atom. The van der Waals surface area contributed by atoms with Crippen LogP contribution in [-0.4, -0.2) is 22.5 Å².